The predicted octanol–water partition coefficient (Wildman–Crippen LogP) is 3.37. The lowest BCUT2D eigenvalue weighted by Crippen LogP contribution is -2.40. The van der Waals surface area contributed by atoms with E-state index in [1.54, 1.807) is 29.2 Å². The number of rotatable bonds is 6. The minimum Gasteiger partial charge on any atom is -0.384 e. The zero-order chi connectivity index (χ0) is 22.1. The molecule has 0 aromatic heterocycles. The summed E-state index contributed by atoms with van der Waals surface area (Å²) in [6.45, 7) is 0.492. The lowest BCUT2D eigenvalue weighted by Gasteiger charge is -2.28. The van der Waals surface area contributed by atoms with E-state index in [0.29, 0.717) is 23.7 Å². The van der Waals surface area contributed by atoms with Crippen LogP contribution in [0.5, 0.6) is 0 Å². The molecule has 6 heteroatoms. The van der Waals surface area contributed by atoms with E-state index in [4.69, 9.17) is 11.1 Å². The Morgan fingerprint density at radius 2 is 1.71 bits per heavy atom. The molecule has 0 unspecified atom stereocenters. The highest BCUT2D eigenvalue weighted by Gasteiger charge is 2.22. The number of hydrogen-bond acceptors (Lipinski definition) is 3. The highest BCUT2D eigenvalue weighted by atomic mass is 16.2. The van der Waals surface area contributed by atoms with Gasteiger partial charge in [0, 0.05) is 29.3 Å². The first-order valence-corrected chi connectivity index (χ1v) is 10.6. The third-order valence-electron chi connectivity index (χ3n) is 5.39. The Hall–Kier alpha value is -3.59. The van der Waals surface area contributed by atoms with Gasteiger partial charge in [-0.15, -0.1) is 0 Å². The maximum atomic E-state index is 12.8. The van der Waals surface area contributed by atoms with Crippen molar-refractivity contribution in [1.29, 1.82) is 5.41 Å². The Morgan fingerprint density at radius 1 is 1.03 bits per heavy atom. The van der Waals surface area contributed by atoms with Crippen molar-refractivity contribution in [3.8, 4) is 11.8 Å². The number of anilines is 1. The summed E-state index contributed by atoms with van der Waals surface area (Å²) in [5, 5.41) is 10.3. The fourth-order valence-electron chi connectivity index (χ4n) is 3.73. The molecule has 0 radical (unpaired) electrons. The third kappa shape index (κ3) is 7.00. The van der Waals surface area contributed by atoms with Crippen LogP contribution in [0.4, 0.5) is 5.69 Å². The van der Waals surface area contributed by atoms with E-state index in [1.165, 1.54) is 6.42 Å². The van der Waals surface area contributed by atoms with Crippen LogP contribution in [0.2, 0.25) is 0 Å². The van der Waals surface area contributed by atoms with Gasteiger partial charge in [-0.3, -0.25) is 15.0 Å². The number of nitrogens with one attached hydrogen (secondary N) is 2. The molecule has 31 heavy (non-hydrogen) atoms. The van der Waals surface area contributed by atoms with Gasteiger partial charge < -0.3 is 16.0 Å². The first kappa shape index (κ1) is 22.1. The van der Waals surface area contributed by atoms with Crippen molar-refractivity contribution < 1.29 is 9.59 Å². The van der Waals surface area contributed by atoms with Crippen LogP contribution in [0.3, 0.4) is 0 Å². The number of hydrogen-bond donors (Lipinski definition) is 3. The van der Waals surface area contributed by atoms with Crippen LogP contribution in [0.15, 0.2) is 54.6 Å². The fraction of sp³-hybridized carbons (Fsp3) is 0.320. The largest absolute Gasteiger partial charge is 0.384 e. The van der Waals surface area contributed by atoms with Crippen molar-refractivity contribution in [2.45, 2.75) is 32.1 Å². The molecule has 3 rings (SSSR count). The number of nitrogens with zero attached hydrogens (tertiary/aromatic N) is 1. The van der Waals surface area contributed by atoms with Crippen LogP contribution < -0.4 is 11.1 Å². The first-order valence-electron chi connectivity index (χ1n) is 10.6. The van der Waals surface area contributed by atoms with Crippen LogP contribution in [-0.4, -0.2) is 35.6 Å². The van der Waals surface area contributed by atoms with Crippen LogP contribution in [0.1, 0.15) is 43.2 Å². The predicted molar refractivity (Wildman–Crippen MR) is 123 cm³/mol. The number of nitrogens with two attached hydrogens (primary N) is 1. The first-order chi connectivity index (χ1) is 15.0. The Labute approximate surface area is 183 Å². The number of amides is 2. The molecule has 2 aromatic carbocycles. The second-order valence-electron chi connectivity index (χ2n) is 7.84. The molecule has 1 fully saturated rings. The summed E-state index contributed by atoms with van der Waals surface area (Å²) in [7, 11) is 0. The van der Waals surface area contributed by atoms with Gasteiger partial charge in [-0.05, 0) is 55.2 Å². The topological polar surface area (TPSA) is 99.3 Å². The van der Waals surface area contributed by atoms with E-state index in [-0.39, 0.29) is 24.2 Å². The van der Waals surface area contributed by atoms with Crippen molar-refractivity contribution in [1.82, 2.24) is 4.90 Å². The zero-order valence-electron chi connectivity index (χ0n) is 17.6. The molecule has 1 aliphatic carbocycles. The van der Waals surface area contributed by atoms with Gasteiger partial charge in [0.25, 0.3) is 5.91 Å². The summed E-state index contributed by atoms with van der Waals surface area (Å²) in [5.74, 6) is 5.35. The Balaban J connectivity index is 1.67. The van der Waals surface area contributed by atoms with Crippen molar-refractivity contribution in [3.63, 3.8) is 0 Å². The van der Waals surface area contributed by atoms with Crippen molar-refractivity contribution in [2.75, 3.05) is 18.4 Å². The van der Waals surface area contributed by atoms with Gasteiger partial charge >= 0.3 is 0 Å². The van der Waals surface area contributed by atoms with Gasteiger partial charge in [-0.25, -0.2) is 0 Å². The Morgan fingerprint density at radius 3 is 2.35 bits per heavy atom. The minimum absolute atomic E-state index is 0.0286. The maximum absolute atomic E-state index is 12.8. The summed E-state index contributed by atoms with van der Waals surface area (Å²) < 4.78 is 0. The van der Waals surface area contributed by atoms with Gasteiger partial charge in [0.15, 0.2) is 0 Å². The number of amidine groups is 1. The van der Waals surface area contributed by atoms with E-state index in [1.807, 2.05) is 30.3 Å². The summed E-state index contributed by atoms with van der Waals surface area (Å²) in [6.07, 6.45) is 5.71. The van der Waals surface area contributed by atoms with Crippen LogP contribution in [-0.2, 0) is 9.59 Å². The zero-order valence-corrected chi connectivity index (χ0v) is 17.6. The van der Waals surface area contributed by atoms with Gasteiger partial charge in [-0.1, -0.05) is 43.4 Å². The number of carbonyl (C=O) groups excluding carboxylic acids is 2. The molecule has 0 bridgehead atoms. The number of benzene rings is 2. The average Bonchev–Trinajstić information content (AvgIpc) is 2.78. The molecule has 1 saturated carbocycles. The molecule has 160 valence electrons. The standard InChI is InChI=1S/C25H28N4O2/c26-25(27)21-12-14-22(15-13-21)28-23(30)18-29(17-20-9-5-2-6-10-20)24(31)16-11-19-7-3-1-4-8-19/h1,3-4,7-8,12-15,20H,2,5-6,9-10,17-18H2,(H3,26,27)(H,28,30). The SMILES string of the molecule is N=C(N)c1ccc(NC(=O)CN(CC2CCCCC2)C(=O)C#Cc2ccccc2)cc1. The molecule has 4 N–H and O–H groups in total. The molecular weight excluding hydrogens is 388 g/mol. The molecule has 0 aliphatic heterocycles. The van der Waals surface area contributed by atoms with Gasteiger partial charge in [0.05, 0.1) is 0 Å². The van der Waals surface area contributed by atoms with Gasteiger partial charge in [0.1, 0.15) is 12.4 Å². The van der Waals surface area contributed by atoms with Gasteiger partial charge in [-0.2, -0.15) is 0 Å². The second kappa shape index (κ2) is 11.0. The van der Waals surface area contributed by atoms with Gasteiger partial charge in [0.2, 0.25) is 5.91 Å². The van der Waals surface area contributed by atoms with Crippen molar-refractivity contribution in [3.05, 3.63) is 65.7 Å². The molecule has 0 spiro atoms. The Kier molecular flexibility index (Phi) is 7.83. The van der Waals surface area contributed by atoms with Crippen molar-refractivity contribution >= 4 is 23.3 Å². The van der Waals surface area contributed by atoms with E-state index in [9.17, 15) is 9.59 Å². The molecule has 2 aromatic rings. The lowest BCUT2D eigenvalue weighted by molar-refractivity contribution is -0.130. The quantitative estimate of drug-likeness (QED) is 0.382. The molecule has 6 nitrogen and oxygen atoms in total. The minimum atomic E-state index is -0.337. The van der Waals surface area contributed by atoms with E-state index in [2.05, 4.69) is 17.2 Å². The molecule has 1 aliphatic rings. The number of carbonyl (C=O) groups is 2. The van der Waals surface area contributed by atoms with Crippen LogP contribution in [0, 0.1) is 23.2 Å². The molecular formula is C25H28N4O2. The molecule has 0 saturated heterocycles. The lowest BCUT2D eigenvalue weighted by atomic mass is 9.89. The summed E-state index contributed by atoms with van der Waals surface area (Å²) in [6, 6.07) is 16.1. The molecule has 0 atom stereocenters. The third-order valence-corrected chi connectivity index (χ3v) is 5.39. The average molecular weight is 417 g/mol. The van der Waals surface area contributed by atoms with E-state index in [0.717, 1.165) is 31.2 Å². The smallest absolute Gasteiger partial charge is 0.299 e. The van der Waals surface area contributed by atoms with Crippen molar-refractivity contribution in [2.24, 2.45) is 11.7 Å². The van der Waals surface area contributed by atoms with Crippen LogP contribution in [0.25, 0.3) is 0 Å². The molecule has 2 amide bonds. The van der Waals surface area contributed by atoms with Crippen LogP contribution >= 0.6 is 0 Å². The molecule has 0 heterocycles. The second-order valence-corrected chi connectivity index (χ2v) is 7.84. The highest BCUT2D eigenvalue weighted by Crippen LogP contribution is 2.24. The van der Waals surface area contributed by atoms with E-state index < -0.39 is 0 Å². The summed E-state index contributed by atoms with van der Waals surface area (Å²) >= 11 is 0. The fourth-order valence-corrected chi connectivity index (χ4v) is 3.73. The summed E-state index contributed by atoms with van der Waals surface area (Å²) in [4.78, 5) is 27.0. The maximum Gasteiger partial charge on any atom is 0.299 e. The number of nitrogen functional groups attached to an aromatic ring is 1. The normalized spacial score (nSPS) is 13.5. The van der Waals surface area contributed by atoms with E-state index >= 15 is 0 Å². The monoisotopic (exact) mass is 416 g/mol. The highest BCUT2D eigenvalue weighted by molar-refractivity contribution is 6.00. The summed E-state index contributed by atoms with van der Waals surface area (Å²) in [5.41, 5.74) is 7.41. The Bertz CT molecular complexity index is 968.